The number of thioether (sulfide) groups is 1. The number of imide groups is 1. The lowest BCUT2D eigenvalue weighted by Crippen LogP contribution is -2.27. The van der Waals surface area contributed by atoms with E-state index < -0.39 is 5.82 Å². The van der Waals surface area contributed by atoms with Crippen LogP contribution in [0.15, 0.2) is 53.4 Å². The van der Waals surface area contributed by atoms with Crippen molar-refractivity contribution in [3.63, 3.8) is 0 Å². The van der Waals surface area contributed by atoms with Crippen molar-refractivity contribution >= 4 is 40.6 Å². The molecule has 2 aromatic rings. The molecule has 3 nitrogen and oxygen atoms in total. The third kappa shape index (κ3) is 3.63. The van der Waals surface area contributed by atoms with Crippen molar-refractivity contribution in [2.45, 2.75) is 6.54 Å². The smallest absolute Gasteiger partial charge is 0.268 e. The van der Waals surface area contributed by atoms with Crippen LogP contribution in [0.3, 0.4) is 0 Å². The Bertz CT molecular complexity index is 822. The highest BCUT2D eigenvalue weighted by Crippen LogP contribution is 2.33. The Morgan fingerprint density at radius 3 is 2.65 bits per heavy atom. The number of carbonyl (C=O) groups excluding carboxylic acids is 2. The van der Waals surface area contributed by atoms with Gasteiger partial charge in [0, 0.05) is 5.02 Å². The van der Waals surface area contributed by atoms with Crippen molar-refractivity contribution in [3.8, 4) is 0 Å². The van der Waals surface area contributed by atoms with Gasteiger partial charge in [-0.15, -0.1) is 0 Å². The maximum Gasteiger partial charge on any atom is 0.293 e. The van der Waals surface area contributed by atoms with E-state index in [0.717, 1.165) is 22.2 Å². The summed E-state index contributed by atoms with van der Waals surface area (Å²) in [6, 6.07) is 12.9. The molecule has 1 aliphatic rings. The SMILES string of the molecule is O=C1S/C(=C\c2cccc(F)c2)C(=O)N1Cc1cccc(Cl)c1. The van der Waals surface area contributed by atoms with Gasteiger partial charge in [-0.05, 0) is 53.2 Å². The van der Waals surface area contributed by atoms with Crippen molar-refractivity contribution in [1.29, 1.82) is 0 Å². The number of rotatable bonds is 3. The Balaban J connectivity index is 1.82. The van der Waals surface area contributed by atoms with Crippen LogP contribution in [0.25, 0.3) is 6.08 Å². The van der Waals surface area contributed by atoms with Crippen LogP contribution in [0.2, 0.25) is 5.02 Å². The largest absolute Gasteiger partial charge is 0.293 e. The highest BCUT2D eigenvalue weighted by atomic mass is 35.5. The number of hydrogen-bond acceptors (Lipinski definition) is 3. The van der Waals surface area contributed by atoms with Crippen molar-refractivity contribution in [2.24, 2.45) is 0 Å². The van der Waals surface area contributed by atoms with Gasteiger partial charge >= 0.3 is 0 Å². The third-order valence-corrected chi connectivity index (χ3v) is 4.39. The third-order valence-electron chi connectivity index (χ3n) is 3.25. The van der Waals surface area contributed by atoms with E-state index in [9.17, 15) is 14.0 Å². The lowest BCUT2D eigenvalue weighted by Gasteiger charge is -2.12. The van der Waals surface area contributed by atoms with Gasteiger partial charge in [-0.2, -0.15) is 0 Å². The molecule has 3 rings (SSSR count). The second-order valence-electron chi connectivity index (χ2n) is 4.95. The fourth-order valence-electron chi connectivity index (χ4n) is 2.20. The molecule has 2 aromatic carbocycles. The summed E-state index contributed by atoms with van der Waals surface area (Å²) >= 11 is 6.76. The molecule has 0 bridgehead atoms. The van der Waals surface area contributed by atoms with E-state index in [-0.39, 0.29) is 22.6 Å². The van der Waals surface area contributed by atoms with Crippen molar-refractivity contribution in [1.82, 2.24) is 4.90 Å². The molecule has 23 heavy (non-hydrogen) atoms. The Hall–Kier alpha value is -2.11. The summed E-state index contributed by atoms with van der Waals surface area (Å²) in [4.78, 5) is 25.9. The van der Waals surface area contributed by atoms with E-state index in [4.69, 9.17) is 11.6 Å². The lowest BCUT2D eigenvalue weighted by molar-refractivity contribution is -0.123. The molecule has 1 fully saturated rings. The normalized spacial score (nSPS) is 16.4. The van der Waals surface area contributed by atoms with E-state index in [1.807, 2.05) is 0 Å². The molecule has 6 heteroatoms. The first-order chi connectivity index (χ1) is 11.0. The van der Waals surface area contributed by atoms with Crippen molar-refractivity contribution in [2.75, 3.05) is 0 Å². The minimum absolute atomic E-state index is 0.158. The van der Waals surface area contributed by atoms with Crippen molar-refractivity contribution < 1.29 is 14.0 Å². The molecule has 0 radical (unpaired) electrons. The maximum atomic E-state index is 13.2. The maximum absolute atomic E-state index is 13.2. The van der Waals surface area contributed by atoms with E-state index in [0.29, 0.717) is 10.6 Å². The minimum atomic E-state index is -0.392. The van der Waals surface area contributed by atoms with Gasteiger partial charge in [-0.1, -0.05) is 35.9 Å². The van der Waals surface area contributed by atoms with Gasteiger partial charge in [0.15, 0.2) is 0 Å². The van der Waals surface area contributed by atoms with Crippen LogP contribution in [0.5, 0.6) is 0 Å². The molecule has 0 N–H and O–H groups in total. The zero-order chi connectivity index (χ0) is 16.4. The Morgan fingerprint density at radius 1 is 1.13 bits per heavy atom. The molecule has 0 saturated carbocycles. The molecule has 2 amide bonds. The van der Waals surface area contributed by atoms with Crippen LogP contribution in [-0.2, 0) is 11.3 Å². The van der Waals surface area contributed by atoms with Crippen LogP contribution in [0.1, 0.15) is 11.1 Å². The molecule has 0 unspecified atom stereocenters. The fraction of sp³-hybridized carbons (Fsp3) is 0.0588. The summed E-state index contributed by atoms with van der Waals surface area (Å²) in [6.45, 7) is 0.158. The van der Waals surface area contributed by atoms with E-state index in [1.54, 1.807) is 36.4 Å². The Kier molecular flexibility index (Phi) is 4.50. The van der Waals surface area contributed by atoms with Gasteiger partial charge in [0.1, 0.15) is 5.82 Å². The molecular weight excluding hydrogens is 337 g/mol. The van der Waals surface area contributed by atoms with Crippen LogP contribution in [0, 0.1) is 5.82 Å². The molecule has 1 heterocycles. The van der Waals surface area contributed by atoms with E-state index in [2.05, 4.69) is 0 Å². The predicted molar refractivity (Wildman–Crippen MR) is 89.4 cm³/mol. The first-order valence-corrected chi connectivity index (χ1v) is 7.98. The summed E-state index contributed by atoms with van der Waals surface area (Å²) < 4.78 is 13.2. The predicted octanol–water partition coefficient (Wildman–Crippen LogP) is 4.72. The standard InChI is InChI=1S/C17H11ClFNO2S/c18-13-5-1-4-12(7-13)10-20-16(21)15(23-17(20)22)9-11-3-2-6-14(19)8-11/h1-9H,10H2/b15-9-. The number of amides is 2. The first-order valence-electron chi connectivity index (χ1n) is 6.78. The van der Waals surface area contributed by atoms with Gasteiger partial charge < -0.3 is 0 Å². The summed E-state index contributed by atoms with van der Waals surface area (Å²) in [5.41, 5.74) is 1.31. The Labute approximate surface area is 141 Å². The topological polar surface area (TPSA) is 37.4 Å². The van der Waals surface area contributed by atoms with E-state index >= 15 is 0 Å². The van der Waals surface area contributed by atoms with Crippen LogP contribution in [0.4, 0.5) is 9.18 Å². The molecular formula is C17H11ClFNO2S. The molecule has 0 spiro atoms. The van der Waals surface area contributed by atoms with Gasteiger partial charge in [-0.3, -0.25) is 14.5 Å². The Morgan fingerprint density at radius 2 is 1.91 bits per heavy atom. The fourth-order valence-corrected chi connectivity index (χ4v) is 3.25. The number of hydrogen-bond donors (Lipinski definition) is 0. The van der Waals surface area contributed by atoms with Crippen LogP contribution in [-0.4, -0.2) is 16.0 Å². The summed E-state index contributed by atoms with van der Waals surface area (Å²) in [5.74, 6) is -0.777. The zero-order valence-electron chi connectivity index (χ0n) is 11.8. The number of benzene rings is 2. The summed E-state index contributed by atoms with van der Waals surface area (Å²) in [6.07, 6.45) is 1.52. The van der Waals surface area contributed by atoms with Gasteiger partial charge in [0.25, 0.3) is 11.1 Å². The van der Waals surface area contributed by atoms with Crippen LogP contribution >= 0.6 is 23.4 Å². The van der Waals surface area contributed by atoms with Gasteiger partial charge in [-0.25, -0.2) is 4.39 Å². The summed E-state index contributed by atoms with van der Waals surface area (Å²) in [7, 11) is 0. The van der Waals surface area contributed by atoms with Gasteiger partial charge in [0.2, 0.25) is 0 Å². The summed E-state index contributed by atoms with van der Waals surface area (Å²) in [5, 5.41) is 0.197. The average molecular weight is 348 g/mol. The molecule has 1 saturated heterocycles. The highest BCUT2D eigenvalue weighted by molar-refractivity contribution is 8.18. The molecule has 116 valence electrons. The second kappa shape index (κ2) is 6.56. The molecule has 0 aromatic heterocycles. The number of nitrogens with zero attached hydrogens (tertiary/aromatic N) is 1. The number of halogens is 2. The lowest BCUT2D eigenvalue weighted by atomic mass is 10.2. The van der Waals surface area contributed by atoms with Crippen LogP contribution < -0.4 is 0 Å². The number of carbonyl (C=O) groups is 2. The monoisotopic (exact) mass is 347 g/mol. The highest BCUT2D eigenvalue weighted by Gasteiger charge is 2.34. The second-order valence-corrected chi connectivity index (χ2v) is 6.38. The van der Waals surface area contributed by atoms with Crippen molar-refractivity contribution in [3.05, 3.63) is 75.4 Å². The van der Waals surface area contributed by atoms with Gasteiger partial charge in [0.05, 0.1) is 11.4 Å². The molecule has 0 aliphatic carbocycles. The molecule has 1 aliphatic heterocycles. The average Bonchev–Trinajstić information content (AvgIpc) is 2.75. The minimum Gasteiger partial charge on any atom is -0.268 e. The first kappa shape index (κ1) is 15.8. The quantitative estimate of drug-likeness (QED) is 0.754. The molecule has 0 atom stereocenters. The van der Waals surface area contributed by atoms with E-state index in [1.165, 1.54) is 18.2 Å². The zero-order valence-corrected chi connectivity index (χ0v) is 13.4.